The first-order valence-corrected chi connectivity index (χ1v) is 4.46. The van der Waals surface area contributed by atoms with E-state index in [1.54, 1.807) is 13.0 Å². The van der Waals surface area contributed by atoms with E-state index in [1.165, 1.54) is 13.0 Å². The van der Waals surface area contributed by atoms with Crippen molar-refractivity contribution in [2.75, 3.05) is 0 Å². The Labute approximate surface area is 86.7 Å². The Morgan fingerprint density at radius 1 is 1.00 bits per heavy atom. The number of hydrogen-bond acceptors (Lipinski definition) is 0. The molecule has 0 aromatic heterocycles. The van der Waals surface area contributed by atoms with Gasteiger partial charge in [0.15, 0.2) is 11.6 Å². The second-order valence-electron chi connectivity index (χ2n) is 3.10. The van der Waals surface area contributed by atoms with Gasteiger partial charge in [-0.1, -0.05) is 24.8 Å². The number of halogens is 3. The monoisotopic (exact) mass is 212 g/mol. The zero-order chi connectivity index (χ0) is 11.6. The summed E-state index contributed by atoms with van der Waals surface area (Å²) in [4.78, 5) is 0. The Morgan fingerprint density at radius 3 is 2.07 bits per heavy atom. The summed E-state index contributed by atoms with van der Waals surface area (Å²) >= 11 is 0. The third-order valence-electron chi connectivity index (χ3n) is 2.15. The van der Waals surface area contributed by atoms with Crippen LogP contribution in [0.5, 0.6) is 0 Å². The minimum atomic E-state index is -1.16. The molecule has 1 aromatic carbocycles. The Kier molecular flexibility index (Phi) is 3.35. The normalized spacial score (nSPS) is 11.0. The molecule has 0 unspecified atom stereocenters. The molecule has 0 fully saturated rings. The van der Waals surface area contributed by atoms with Gasteiger partial charge in [0.25, 0.3) is 0 Å². The van der Waals surface area contributed by atoms with Crippen LogP contribution in [0.4, 0.5) is 13.2 Å². The van der Waals surface area contributed by atoms with Gasteiger partial charge in [-0.3, -0.25) is 0 Å². The predicted molar refractivity (Wildman–Crippen MR) is 55.9 cm³/mol. The van der Waals surface area contributed by atoms with E-state index in [2.05, 4.69) is 6.58 Å². The highest BCUT2D eigenvalue weighted by Crippen LogP contribution is 2.26. The van der Waals surface area contributed by atoms with E-state index in [4.69, 9.17) is 0 Å². The molecule has 1 rings (SSSR count). The molecule has 0 radical (unpaired) electrons. The maximum Gasteiger partial charge on any atom is 0.167 e. The zero-order valence-corrected chi connectivity index (χ0v) is 8.57. The van der Waals surface area contributed by atoms with Crippen molar-refractivity contribution < 1.29 is 13.2 Å². The maximum atomic E-state index is 13.6. The van der Waals surface area contributed by atoms with Crippen molar-refractivity contribution in [1.29, 1.82) is 0 Å². The quantitative estimate of drug-likeness (QED) is 0.648. The first-order valence-electron chi connectivity index (χ1n) is 4.46. The summed E-state index contributed by atoms with van der Waals surface area (Å²) in [7, 11) is 0. The van der Waals surface area contributed by atoms with Gasteiger partial charge in [-0.2, -0.15) is 0 Å². The van der Waals surface area contributed by atoms with E-state index < -0.39 is 17.5 Å². The van der Waals surface area contributed by atoms with Gasteiger partial charge < -0.3 is 0 Å². The average Bonchev–Trinajstić information content (AvgIpc) is 2.24. The highest BCUT2D eigenvalue weighted by Gasteiger charge is 2.18. The van der Waals surface area contributed by atoms with Gasteiger partial charge in [-0.05, 0) is 13.8 Å². The van der Waals surface area contributed by atoms with E-state index in [0.29, 0.717) is 0 Å². The second-order valence-corrected chi connectivity index (χ2v) is 3.10. The molecule has 0 spiro atoms. The lowest BCUT2D eigenvalue weighted by Crippen LogP contribution is -2.01. The molecule has 0 aliphatic rings. The molecule has 0 aliphatic heterocycles. The predicted octanol–water partition coefficient (Wildman–Crippen LogP) is 4.09. The van der Waals surface area contributed by atoms with Crippen molar-refractivity contribution in [3.63, 3.8) is 0 Å². The maximum absolute atomic E-state index is 13.6. The fourth-order valence-electron chi connectivity index (χ4n) is 1.35. The highest BCUT2D eigenvalue weighted by atomic mass is 19.2. The lowest BCUT2D eigenvalue weighted by Gasteiger charge is -2.09. The lowest BCUT2D eigenvalue weighted by molar-refractivity contribution is 0.483. The third-order valence-corrected chi connectivity index (χ3v) is 2.15. The Balaban J connectivity index is 3.69. The SMILES string of the molecule is C=Cc1c(F)c(F)c(C)c(F)c1/C=C/C. The Morgan fingerprint density at radius 2 is 1.60 bits per heavy atom. The summed E-state index contributed by atoms with van der Waals surface area (Å²) < 4.78 is 40.1. The molecule has 0 N–H and O–H groups in total. The van der Waals surface area contributed by atoms with Crippen LogP contribution in [0.1, 0.15) is 23.6 Å². The van der Waals surface area contributed by atoms with Gasteiger partial charge in [0.1, 0.15) is 5.82 Å². The fraction of sp³-hybridized carbons (Fsp3) is 0.167. The van der Waals surface area contributed by atoms with Gasteiger partial charge in [-0.25, -0.2) is 13.2 Å². The van der Waals surface area contributed by atoms with Crippen molar-refractivity contribution >= 4 is 12.2 Å². The van der Waals surface area contributed by atoms with Gasteiger partial charge in [-0.15, -0.1) is 0 Å². The largest absolute Gasteiger partial charge is 0.206 e. The summed E-state index contributed by atoms with van der Waals surface area (Å²) in [5.74, 6) is -2.96. The van der Waals surface area contributed by atoms with Crippen molar-refractivity contribution in [2.45, 2.75) is 13.8 Å². The molecule has 0 saturated heterocycles. The third kappa shape index (κ3) is 1.82. The molecule has 0 heterocycles. The van der Waals surface area contributed by atoms with E-state index in [9.17, 15) is 13.2 Å². The van der Waals surface area contributed by atoms with Crippen LogP contribution in [-0.2, 0) is 0 Å². The van der Waals surface area contributed by atoms with Crippen LogP contribution in [0, 0.1) is 24.4 Å². The van der Waals surface area contributed by atoms with E-state index in [-0.39, 0.29) is 16.7 Å². The molecular formula is C12H11F3. The number of rotatable bonds is 2. The summed E-state index contributed by atoms with van der Waals surface area (Å²) in [5, 5.41) is 0. The number of benzene rings is 1. The summed E-state index contributed by atoms with van der Waals surface area (Å²) in [6, 6.07) is 0. The molecule has 15 heavy (non-hydrogen) atoms. The average molecular weight is 212 g/mol. The molecule has 0 nitrogen and oxygen atoms in total. The molecule has 0 bridgehead atoms. The van der Waals surface area contributed by atoms with Crippen LogP contribution in [0.25, 0.3) is 12.2 Å². The smallest absolute Gasteiger partial charge is 0.167 e. The van der Waals surface area contributed by atoms with Gasteiger partial charge in [0.2, 0.25) is 0 Å². The molecule has 1 aromatic rings. The molecule has 80 valence electrons. The van der Waals surface area contributed by atoms with Crippen molar-refractivity contribution in [2.24, 2.45) is 0 Å². The summed E-state index contributed by atoms with van der Waals surface area (Å²) in [6.45, 7) is 6.21. The van der Waals surface area contributed by atoms with Crippen LogP contribution >= 0.6 is 0 Å². The van der Waals surface area contributed by atoms with Crippen LogP contribution in [0.3, 0.4) is 0 Å². The second kappa shape index (κ2) is 4.34. The van der Waals surface area contributed by atoms with Gasteiger partial charge in [0.05, 0.1) is 0 Å². The van der Waals surface area contributed by atoms with Crippen molar-refractivity contribution in [1.82, 2.24) is 0 Å². The molecule has 3 heteroatoms. The van der Waals surface area contributed by atoms with E-state index in [1.807, 2.05) is 0 Å². The Hall–Kier alpha value is -1.51. The first-order chi connectivity index (χ1) is 7.04. The summed E-state index contributed by atoms with van der Waals surface area (Å²) in [6.07, 6.45) is 4.06. The molecule has 0 atom stereocenters. The fourth-order valence-corrected chi connectivity index (χ4v) is 1.35. The first kappa shape index (κ1) is 11.6. The van der Waals surface area contributed by atoms with Gasteiger partial charge >= 0.3 is 0 Å². The van der Waals surface area contributed by atoms with Crippen LogP contribution < -0.4 is 0 Å². The van der Waals surface area contributed by atoms with Crippen LogP contribution in [0.15, 0.2) is 12.7 Å². The topological polar surface area (TPSA) is 0 Å². The highest BCUT2D eigenvalue weighted by molar-refractivity contribution is 5.66. The standard InChI is InChI=1S/C12H11F3/c1-4-6-9-8(5-2)12(15)11(14)7(3)10(9)13/h4-6H,2H2,1,3H3/b6-4+. The van der Waals surface area contributed by atoms with Crippen LogP contribution in [-0.4, -0.2) is 0 Å². The van der Waals surface area contributed by atoms with Crippen molar-refractivity contribution in [3.8, 4) is 0 Å². The minimum absolute atomic E-state index is 0.0314. The number of allylic oxidation sites excluding steroid dienone is 1. The van der Waals surface area contributed by atoms with Crippen LogP contribution in [0.2, 0.25) is 0 Å². The minimum Gasteiger partial charge on any atom is -0.206 e. The molecule has 0 saturated carbocycles. The zero-order valence-electron chi connectivity index (χ0n) is 8.57. The molecular weight excluding hydrogens is 201 g/mol. The number of hydrogen-bond donors (Lipinski definition) is 0. The Bertz CT molecular complexity index is 431. The summed E-state index contributed by atoms with van der Waals surface area (Å²) in [5.41, 5.74) is -0.427. The van der Waals surface area contributed by atoms with E-state index >= 15 is 0 Å². The molecule has 0 amide bonds. The van der Waals surface area contributed by atoms with Crippen molar-refractivity contribution in [3.05, 3.63) is 46.8 Å². The van der Waals surface area contributed by atoms with Gasteiger partial charge in [0, 0.05) is 16.7 Å². The molecule has 0 aliphatic carbocycles. The lowest BCUT2D eigenvalue weighted by atomic mass is 10.0. The van der Waals surface area contributed by atoms with E-state index in [0.717, 1.165) is 6.08 Å².